The lowest BCUT2D eigenvalue weighted by molar-refractivity contribution is -0.128. The summed E-state index contributed by atoms with van der Waals surface area (Å²) in [5.74, 6) is -2.25. The third-order valence-corrected chi connectivity index (χ3v) is 10.2. The predicted molar refractivity (Wildman–Crippen MR) is 165 cm³/mol. The lowest BCUT2D eigenvalue weighted by Gasteiger charge is -2.40. The number of halogens is 5. The van der Waals surface area contributed by atoms with E-state index < -0.39 is 17.4 Å². The fourth-order valence-electron chi connectivity index (χ4n) is 5.77. The molecule has 0 spiro atoms. The summed E-state index contributed by atoms with van der Waals surface area (Å²) < 4.78 is 38.8. The predicted octanol–water partition coefficient (Wildman–Crippen LogP) is 7.84. The summed E-state index contributed by atoms with van der Waals surface area (Å²) in [6.07, 6.45) is 7.54. The van der Waals surface area contributed by atoms with Crippen molar-refractivity contribution < 1.29 is 23.0 Å². The summed E-state index contributed by atoms with van der Waals surface area (Å²) in [6, 6.07) is 8.20. The molecule has 1 N–H and O–H groups in total. The highest BCUT2D eigenvalue weighted by molar-refractivity contribution is 7.12. The minimum atomic E-state index is -0.937. The zero-order valence-electron chi connectivity index (χ0n) is 23.2. The Balaban J connectivity index is 1.17. The Morgan fingerprint density at radius 3 is 2.72 bits per heavy atom. The summed E-state index contributed by atoms with van der Waals surface area (Å²) in [7, 11) is 0. The van der Waals surface area contributed by atoms with Crippen molar-refractivity contribution in [3.63, 3.8) is 0 Å². The number of carbonyl (C=O) groups is 1. The molecule has 2 fully saturated rings. The van der Waals surface area contributed by atoms with E-state index in [-0.39, 0.29) is 42.8 Å². The SMILES string of the molecule is O=C(C1=C(c2cnc(COCCOc3c(F)ccc(Cl)c3F)s2)C[C@@H]2CCC[C@H]1N2)N(Cc1cccc(Cl)c1Cl)C1CC1. The molecule has 12 heteroatoms. The Kier molecular flexibility index (Phi) is 9.57. The number of thiazole rings is 1. The quantitative estimate of drug-likeness (QED) is 0.167. The molecule has 43 heavy (non-hydrogen) atoms. The first-order valence-electron chi connectivity index (χ1n) is 14.3. The molecule has 1 aromatic heterocycles. The number of hydrogen-bond acceptors (Lipinski definition) is 6. The van der Waals surface area contributed by atoms with Crippen LogP contribution in [0.15, 0.2) is 42.1 Å². The van der Waals surface area contributed by atoms with E-state index >= 15 is 0 Å². The number of nitrogens with one attached hydrogen (secondary N) is 1. The van der Waals surface area contributed by atoms with Crippen molar-refractivity contribution in [2.24, 2.45) is 0 Å². The molecule has 2 aliphatic heterocycles. The highest BCUT2D eigenvalue weighted by atomic mass is 35.5. The summed E-state index contributed by atoms with van der Waals surface area (Å²) in [5.41, 5.74) is 2.69. The second-order valence-electron chi connectivity index (χ2n) is 11.0. The van der Waals surface area contributed by atoms with Crippen molar-refractivity contribution >= 4 is 57.6 Å². The second kappa shape index (κ2) is 13.4. The van der Waals surface area contributed by atoms with Crippen molar-refractivity contribution in [1.82, 2.24) is 15.2 Å². The molecule has 1 saturated carbocycles. The van der Waals surface area contributed by atoms with Crippen molar-refractivity contribution in [2.75, 3.05) is 13.2 Å². The van der Waals surface area contributed by atoms with Crippen LogP contribution in [-0.4, -0.2) is 47.1 Å². The number of rotatable bonds is 11. The number of nitrogens with zero attached hydrogens (tertiary/aromatic N) is 2. The molecule has 6 rings (SSSR count). The van der Waals surface area contributed by atoms with Crippen molar-refractivity contribution in [1.29, 1.82) is 0 Å². The second-order valence-corrected chi connectivity index (χ2v) is 13.3. The van der Waals surface area contributed by atoms with E-state index in [1.54, 1.807) is 6.07 Å². The average molecular weight is 669 g/mol. The number of benzene rings is 2. The van der Waals surface area contributed by atoms with E-state index in [2.05, 4.69) is 10.3 Å². The van der Waals surface area contributed by atoms with Gasteiger partial charge in [0.2, 0.25) is 0 Å². The van der Waals surface area contributed by atoms with Crippen LogP contribution in [-0.2, 0) is 22.7 Å². The summed E-state index contributed by atoms with van der Waals surface area (Å²) in [4.78, 5) is 21.8. The number of aromatic nitrogens is 1. The molecular weight excluding hydrogens is 639 g/mol. The maximum absolute atomic E-state index is 14.3. The molecule has 1 aliphatic carbocycles. The van der Waals surface area contributed by atoms with Gasteiger partial charge in [-0.1, -0.05) is 46.9 Å². The maximum Gasteiger partial charge on any atom is 0.252 e. The minimum Gasteiger partial charge on any atom is -0.485 e. The van der Waals surface area contributed by atoms with Crippen molar-refractivity contribution in [3.05, 3.63) is 84.3 Å². The monoisotopic (exact) mass is 667 g/mol. The molecule has 6 nitrogen and oxygen atoms in total. The van der Waals surface area contributed by atoms with Gasteiger partial charge in [-0.3, -0.25) is 4.79 Å². The number of piperidine rings is 1. The van der Waals surface area contributed by atoms with Crippen LogP contribution in [0.2, 0.25) is 15.1 Å². The van der Waals surface area contributed by atoms with Crippen LogP contribution in [0.1, 0.15) is 54.0 Å². The molecule has 2 aromatic carbocycles. The van der Waals surface area contributed by atoms with Crippen molar-refractivity contribution in [3.8, 4) is 5.75 Å². The number of amides is 1. The van der Waals surface area contributed by atoms with Gasteiger partial charge in [-0.25, -0.2) is 13.8 Å². The fraction of sp³-hybridized carbons (Fsp3) is 0.419. The first-order valence-corrected chi connectivity index (χ1v) is 16.3. The number of ether oxygens (including phenoxy) is 2. The summed E-state index contributed by atoms with van der Waals surface area (Å²) in [6.45, 7) is 0.655. The average Bonchev–Trinajstić information content (AvgIpc) is 3.73. The van der Waals surface area contributed by atoms with Gasteiger partial charge in [-0.2, -0.15) is 0 Å². The highest BCUT2D eigenvalue weighted by Crippen LogP contribution is 2.41. The molecule has 3 aliphatic rings. The summed E-state index contributed by atoms with van der Waals surface area (Å²) in [5, 5.41) is 5.18. The largest absolute Gasteiger partial charge is 0.485 e. The molecular formula is C31H30Cl3F2N3O3S. The Morgan fingerprint density at radius 2 is 1.91 bits per heavy atom. The van der Waals surface area contributed by atoms with Gasteiger partial charge >= 0.3 is 0 Å². The van der Waals surface area contributed by atoms with E-state index in [9.17, 15) is 13.6 Å². The van der Waals surface area contributed by atoms with E-state index in [1.807, 2.05) is 23.2 Å². The topological polar surface area (TPSA) is 63.7 Å². The van der Waals surface area contributed by atoms with Crippen LogP contribution in [0.5, 0.6) is 5.75 Å². The van der Waals surface area contributed by atoms with E-state index in [0.29, 0.717) is 22.6 Å². The molecule has 2 atom stereocenters. The lowest BCUT2D eigenvalue weighted by Crippen LogP contribution is -2.51. The van der Waals surface area contributed by atoms with Gasteiger partial charge in [-0.05, 0) is 67.9 Å². The van der Waals surface area contributed by atoms with Gasteiger partial charge < -0.3 is 19.7 Å². The van der Waals surface area contributed by atoms with Gasteiger partial charge in [0, 0.05) is 36.4 Å². The fourth-order valence-corrected chi connectivity index (χ4v) is 7.22. The molecule has 228 valence electrons. The standard InChI is InChI=1S/C31H30Cl3F2N3O3S/c32-21-5-1-3-17(28(21)34)15-39(19-7-8-19)31(40)27-20(13-18-4-2-6-24(27)38-18)25-14-37-26(43-25)16-41-11-12-42-30-23(35)10-9-22(33)29(30)36/h1,3,5,9-10,14,18-19,24,38H,2,4,6-8,11-13,15-16H2/t18-,24+/m0/s1. The molecule has 0 unspecified atom stereocenters. The molecule has 1 saturated heterocycles. The van der Waals surface area contributed by atoms with Gasteiger partial charge in [0.15, 0.2) is 17.4 Å². The van der Waals surface area contributed by atoms with E-state index in [0.717, 1.165) is 77.3 Å². The van der Waals surface area contributed by atoms with Gasteiger partial charge in [0.05, 0.1) is 33.2 Å². The van der Waals surface area contributed by atoms with Crippen LogP contribution in [0, 0.1) is 11.6 Å². The van der Waals surface area contributed by atoms with Crippen LogP contribution < -0.4 is 10.1 Å². The highest BCUT2D eigenvalue weighted by Gasteiger charge is 2.41. The number of hydrogen-bond donors (Lipinski definition) is 1. The van der Waals surface area contributed by atoms with Crippen LogP contribution in [0.4, 0.5) is 8.78 Å². The molecule has 3 heterocycles. The van der Waals surface area contributed by atoms with Crippen LogP contribution in [0.3, 0.4) is 0 Å². The van der Waals surface area contributed by atoms with E-state index in [4.69, 9.17) is 44.3 Å². The summed E-state index contributed by atoms with van der Waals surface area (Å²) >= 11 is 20.0. The molecule has 3 aromatic rings. The van der Waals surface area contributed by atoms with Gasteiger partial charge in [0.1, 0.15) is 11.6 Å². The number of fused-ring (bicyclic) bond motifs is 2. The smallest absolute Gasteiger partial charge is 0.252 e. The third-order valence-electron chi connectivity index (χ3n) is 8.01. The van der Waals surface area contributed by atoms with Gasteiger partial charge in [0.25, 0.3) is 5.91 Å². The van der Waals surface area contributed by atoms with Gasteiger partial charge in [-0.15, -0.1) is 11.3 Å². The minimum absolute atomic E-state index is 0.0164. The van der Waals surface area contributed by atoms with E-state index in [1.165, 1.54) is 11.3 Å². The molecule has 1 amide bonds. The molecule has 2 bridgehead atoms. The lowest BCUT2D eigenvalue weighted by atomic mass is 9.81. The Labute approximate surface area is 267 Å². The Hall–Kier alpha value is -2.27. The Bertz CT molecular complexity index is 1550. The Morgan fingerprint density at radius 1 is 1.07 bits per heavy atom. The molecule has 0 radical (unpaired) electrons. The zero-order valence-corrected chi connectivity index (χ0v) is 26.3. The zero-order chi connectivity index (χ0) is 30.1. The third kappa shape index (κ3) is 6.87. The first kappa shape index (κ1) is 30.7. The van der Waals surface area contributed by atoms with Crippen molar-refractivity contribution in [2.45, 2.75) is 69.8 Å². The number of carbonyl (C=O) groups excluding carboxylic acids is 1. The maximum atomic E-state index is 14.3. The van der Waals surface area contributed by atoms with Crippen LogP contribution >= 0.6 is 46.1 Å². The van der Waals surface area contributed by atoms with Crippen LogP contribution in [0.25, 0.3) is 5.57 Å². The normalized spacial score (nSPS) is 19.9. The first-order chi connectivity index (χ1) is 20.8.